The van der Waals surface area contributed by atoms with Crippen LogP contribution < -0.4 is 10.3 Å². The van der Waals surface area contributed by atoms with Gasteiger partial charge < -0.3 is 9.84 Å². The van der Waals surface area contributed by atoms with Crippen molar-refractivity contribution in [1.29, 1.82) is 0 Å². The third kappa shape index (κ3) is 4.46. The minimum atomic E-state index is -0.581. The van der Waals surface area contributed by atoms with Crippen molar-refractivity contribution < 1.29 is 9.84 Å². The van der Waals surface area contributed by atoms with Crippen LogP contribution in [-0.2, 0) is 0 Å². The predicted octanol–water partition coefficient (Wildman–Crippen LogP) is 6.40. The molecule has 0 aliphatic heterocycles. The molecule has 0 spiro atoms. The van der Waals surface area contributed by atoms with Crippen molar-refractivity contribution in [2.24, 2.45) is 10.2 Å². The molecule has 1 heterocycles. The summed E-state index contributed by atoms with van der Waals surface area (Å²) < 4.78 is 9.22. The molecule has 0 amide bonds. The Labute approximate surface area is 208 Å². The van der Waals surface area contributed by atoms with Gasteiger partial charge in [-0.25, -0.2) is 0 Å². The number of para-hydroxylation sites is 2. The van der Waals surface area contributed by atoms with Crippen molar-refractivity contribution in [3.8, 4) is 23.0 Å². The molecule has 3 aromatic carbocycles. The molecule has 0 unspecified atom stereocenters. The van der Waals surface area contributed by atoms with E-state index in [9.17, 15) is 9.90 Å². The molecule has 0 aliphatic rings. The van der Waals surface area contributed by atoms with Crippen LogP contribution >= 0.6 is 34.8 Å². The number of ether oxygens (including phenoxy) is 1. The van der Waals surface area contributed by atoms with Crippen LogP contribution in [0.2, 0.25) is 0 Å². The number of benzene rings is 3. The Morgan fingerprint density at radius 1 is 0.939 bits per heavy atom. The SMILES string of the molecule is COc1ccccc1-n1c(O)c(N=Nc2ccccc2C)c(=O)n(-c2ccc(I)cc2)c1=S. The van der Waals surface area contributed by atoms with Crippen LogP contribution in [0.5, 0.6) is 11.6 Å². The van der Waals surface area contributed by atoms with E-state index < -0.39 is 11.4 Å². The molecular formula is C24H19IN4O3S. The lowest BCUT2D eigenvalue weighted by atomic mass is 10.2. The van der Waals surface area contributed by atoms with Gasteiger partial charge in [0.15, 0.2) is 4.77 Å². The smallest absolute Gasteiger partial charge is 0.290 e. The van der Waals surface area contributed by atoms with Crippen LogP contribution in [0.15, 0.2) is 87.8 Å². The first-order chi connectivity index (χ1) is 15.9. The van der Waals surface area contributed by atoms with Crippen molar-refractivity contribution in [2.75, 3.05) is 7.11 Å². The van der Waals surface area contributed by atoms with Gasteiger partial charge in [-0.15, -0.1) is 10.2 Å². The molecule has 33 heavy (non-hydrogen) atoms. The first-order valence-electron chi connectivity index (χ1n) is 9.90. The van der Waals surface area contributed by atoms with Crippen molar-refractivity contribution in [1.82, 2.24) is 9.13 Å². The Hall–Kier alpha value is -3.31. The van der Waals surface area contributed by atoms with Crippen molar-refractivity contribution in [2.45, 2.75) is 6.92 Å². The zero-order valence-corrected chi connectivity index (χ0v) is 20.7. The van der Waals surface area contributed by atoms with Gasteiger partial charge in [0.05, 0.1) is 24.2 Å². The Balaban J connectivity index is 2.05. The second-order valence-electron chi connectivity index (χ2n) is 7.07. The highest BCUT2D eigenvalue weighted by atomic mass is 127. The summed E-state index contributed by atoms with van der Waals surface area (Å²) in [5.41, 5.74) is 1.66. The fourth-order valence-electron chi connectivity index (χ4n) is 3.30. The third-order valence-electron chi connectivity index (χ3n) is 5.00. The first-order valence-corrected chi connectivity index (χ1v) is 11.4. The highest BCUT2D eigenvalue weighted by Crippen LogP contribution is 2.33. The van der Waals surface area contributed by atoms with E-state index in [1.807, 2.05) is 37.3 Å². The normalized spacial score (nSPS) is 11.1. The third-order valence-corrected chi connectivity index (χ3v) is 6.08. The van der Waals surface area contributed by atoms with E-state index in [2.05, 4.69) is 32.8 Å². The summed E-state index contributed by atoms with van der Waals surface area (Å²) >= 11 is 7.85. The van der Waals surface area contributed by atoms with Crippen LogP contribution in [0.4, 0.5) is 11.4 Å². The maximum absolute atomic E-state index is 13.5. The number of hydrogen-bond acceptors (Lipinski definition) is 6. The summed E-state index contributed by atoms with van der Waals surface area (Å²) in [6.45, 7) is 1.89. The number of nitrogens with zero attached hydrogens (tertiary/aromatic N) is 4. The molecule has 166 valence electrons. The Bertz CT molecular complexity index is 1480. The van der Waals surface area contributed by atoms with E-state index in [-0.39, 0.29) is 10.5 Å². The molecule has 4 rings (SSSR count). The zero-order valence-electron chi connectivity index (χ0n) is 17.8. The van der Waals surface area contributed by atoms with E-state index >= 15 is 0 Å². The summed E-state index contributed by atoms with van der Waals surface area (Å²) in [5.74, 6) is 0.0482. The minimum Gasteiger partial charge on any atom is -0.495 e. The van der Waals surface area contributed by atoms with Crippen LogP contribution in [0.25, 0.3) is 11.4 Å². The van der Waals surface area contributed by atoms with E-state index in [0.717, 1.165) is 9.13 Å². The number of aromatic hydroxyl groups is 1. The van der Waals surface area contributed by atoms with Gasteiger partial charge in [0.2, 0.25) is 11.6 Å². The van der Waals surface area contributed by atoms with E-state index in [4.69, 9.17) is 17.0 Å². The highest BCUT2D eigenvalue weighted by molar-refractivity contribution is 14.1. The van der Waals surface area contributed by atoms with Gasteiger partial charge in [0.1, 0.15) is 5.75 Å². The average Bonchev–Trinajstić information content (AvgIpc) is 2.81. The van der Waals surface area contributed by atoms with Gasteiger partial charge in [-0.1, -0.05) is 30.3 Å². The van der Waals surface area contributed by atoms with Gasteiger partial charge in [-0.3, -0.25) is 13.9 Å². The molecular weight excluding hydrogens is 551 g/mol. The standard InChI is InChI=1S/C24H19IN4O3S/c1-15-7-3-4-8-18(15)26-27-21-22(30)28(17-13-11-16(25)12-14-17)24(33)29(23(21)31)19-9-5-6-10-20(19)32-2/h3-14,31H,1-2H3. The fraction of sp³-hybridized carbons (Fsp3) is 0.0833. The summed E-state index contributed by atoms with van der Waals surface area (Å²) in [4.78, 5) is 13.5. The summed E-state index contributed by atoms with van der Waals surface area (Å²) in [6.07, 6.45) is 0. The van der Waals surface area contributed by atoms with Crippen LogP contribution in [0, 0.1) is 15.3 Å². The quantitative estimate of drug-likeness (QED) is 0.171. The second kappa shape index (κ2) is 9.67. The van der Waals surface area contributed by atoms with E-state index in [1.165, 1.54) is 16.2 Å². The first kappa shape index (κ1) is 22.9. The number of hydrogen-bond donors (Lipinski definition) is 1. The number of aromatic nitrogens is 2. The Morgan fingerprint density at radius 2 is 1.61 bits per heavy atom. The monoisotopic (exact) mass is 570 g/mol. The molecule has 1 aromatic heterocycles. The summed E-state index contributed by atoms with van der Waals surface area (Å²) in [5, 5.41) is 19.5. The number of methoxy groups -OCH3 is 1. The molecule has 9 heteroatoms. The number of halogens is 1. The second-order valence-corrected chi connectivity index (χ2v) is 8.68. The maximum atomic E-state index is 13.5. The topological polar surface area (TPSA) is 81.1 Å². The predicted molar refractivity (Wildman–Crippen MR) is 138 cm³/mol. The molecule has 0 saturated carbocycles. The van der Waals surface area contributed by atoms with Gasteiger partial charge in [0.25, 0.3) is 5.56 Å². The minimum absolute atomic E-state index is 0.0676. The maximum Gasteiger partial charge on any atom is 0.290 e. The largest absolute Gasteiger partial charge is 0.495 e. The average molecular weight is 570 g/mol. The van der Waals surface area contributed by atoms with Crippen LogP contribution in [-0.4, -0.2) is 21.4 Å². The molecule has 0 radical (unpaired) electrons. The zero-order chi connectivity index (χ0) is 23.5. The fourth-order valence-corrected chi connectivity index (χ4v) is 4.03. The lowest BCUT2D eigenvalue weighted by molar-refractivity contribution is 0.402. The molecule has 1 N–H and O–H groups in total. The highest BCUT2D eigenvalue weighted by Gasteiger charge is 2.21. The summed E-state index contributed by atoms with van der Waals surface area (Å²) in [7, 11) is 1.52. The Morgan fingerprint density at radius 3 is 2.30 bits per heavy atom. The van der Waals surface area contributed by atoms with Gasteiger partial charge in [-0.05, 0) is 89.8 Å². The number of aryl methyl sites for hydroxylation is 1. The molecule has 4 aromatic rings. The number of rotatable bonds is 5. The van der Waals surface area contributed by atoms with Crippen molar-refractivity contribution in [3.05, 3.63) is 97.1 Å². The molecule has 7 nitrogen and oxygen atoms in total. The molecule has 0 bridgehead atoms. The molecule has 0 aliphatic carbocycles. The van der Waals surface area contributed by atoms with Crippen molar-refractivity contribution in [3.63, 3.8) is 0 Å². The van der Waals surface area contributed by atoms with E-state index in [1.54, 1.807) is 42.5 Å². The van der Waals surface area contributed by atoms with Gasteiger partial charge in [-0.2, -0.15) is 0 Å². The lowest BCUT2D eigenvalue weighted by Gasteiger charge is -2.17. The van der Waals surface area contributed by atoms with Crippen molar-refractivity contribution >= 4 is 46.2 Å². The van der Waals surface area contributed by atoms with Gasteiger partial charge >= 0.3 is 0 Å². The molecule has 0 fully saturated rings. The molecule has 0 atom stereocenters. The van der Waals surface area contributed by atoms with Gasteiger partial charge in [0, 0.05) is 3.57 Å². The van der Waals surface area contributed by atoms with Crippen LogP contribution in [0.3, 0.4) is 0 Å². The molecule has 0 saturated heterocycles. The number of azo groups is 1. The van der Waals surface area contributed by atoms with E-state index in [0.29, 0.717) is 22.8 Å². The Kier molecular flexibility index (Phi) is 6.70. The van der Waals surface area contributed by atoms with Crippen LogP contribution in [0.1, 0.15) is 5.56 Å². The summed E-state index contributed by atoms with van der Waals surface area (Å²) in [6, 6.07) is 21.7. The lowest BCUT2D eigenvalue weighted by Crippen LogP contribution is -2.23.